The first kappa shape index (κ1) is 20.6. The lowest BCUT2D eigenvalue weighted by Gasteiger charge is -2.36. The standard InChI is InChI=1S/C19H31NO3Si/c1-18(2,3)15-10-14(12-23-24(8,9)19(4,5)6)17(22-7)16(11-15)20-13-21/h10-11H,12H2,1-9H3. The number of isocyanates is 1. The van der Waals surface area contributed by atoms with Gasteiger partial charge in [-0.25, -0.2) is 4.79 Å². The Bertz CT molecular complexity index is 633. The molecule has 0 unspecified atom stereocenters. The first-order valence-corrected chi connectivity index (χ1v) is 11.2. The number of aliphatic imine (C=N–C) groups is 1. The predicted octanol–water partition coefficient (Wildman–Crippen LogP) is 5.48. The molecule has 24 heavy (non-hydrogen) atoms. The van der Waals surface area contributed by atoms with Crippen molar-refractivity contribution in [3.05, 3.63) is 23.3 Å². The third-order valence-electron chi connectivity index (χ3n) is 4.78. The molecule has 0 spiro atoms. The van der Waals surface area contributed by atoms with Gasteiger partial charge in [0.1, 0.15) is 5.69 Å². The molecule has 0 bridgehead atoms. The molecule has 0 aromatic heterocycles. The third kappa shape index (κ3) is 4.79. The minimum atomic E-state index is -1.89. The Morgan fingerprint density at radius 3 is 2.12 bits per heavy atom. The van der Waals surface area contributed by atoms with Crippen LogP contribution < -0.4 is 4.74 Å². The van der Waals surface area contributed by atoms with Crippen LogP contribution in [0, 0.1) is 0 Å². The number of ether oxygens (including phenoxy) is 1. The molecule has 0 aliphatic carbocycles. The second-order valence-electron chi connectivity index (χ2n) is 8.69. The van der Waals surface area contributed by atoms with Crippen LogP contribution >= 0.6 is 0 Å². The van der Waals surface area contributed by atoms with E-state index in [1.54, 1.807) is 13.2 Å². The summed E-state index contributed by atoms with van der Waals surface area (Å²) in [5.74, 6) is 0.588. The van der Waals surface area contributed by atoms with Crippen molar-refractivity contribution < 1.29 is 14.0 Å². The molecule has 0 aliphatic heterocycles. The van der Waals surface area contributed by atoms with Gasteiger partial charge < -0.3 is 9.16 Å². The van der Waals surface area contributed by atoms with Gasteiger partial charge in [-0.3, -0.25) is 0 Å². The molecule has 1 aromatic carbocycles. The summed E-state index contributed by atoms with van der Waals surface area (Å²) in [5, 5.41) is 0.131. The maximum atomic E-state index is 10.8. The molecule has 0 fully saturated rings. The van der Waals surface area contributed by atoms with Gasteiger partial charge in [-0.15, -0.1) is 0 Å². The van der Waals surface area contributed by atoms with Crippen molar-refractivity contribution in [3.63, 3.8) is 0 Å². The SMILES string of the molecule is COc1c(CO[Si](C)(C)C(C)(C)C)cc(C(C)(C)C)cc1N=C=O. The van der Waals surface area contributed by atoms with Crippen LogP contribution in [0.15, 0.2) is 17.1 Å². The zero-order valence-corrected chi connectivity index (χ0v) is 17.5. The highest BCUT2D eigenvalue weighted by Crippen LogP contribution is 2.40. The van der Waals surface area contributed by atoms with Crippen LogP contribution in [0.25, 0.3) is 0 Å². The van der Waals surface area contributed by atoms with Crippen LogP contribution in [0.3, 0.4) is 0 Å². The van der Waals surface area contributed by atoms with Gasteiger partial charge in [0.05, 0.1) is 13.7 Å². The molecule has 4 nitrogen and oxygen atoms in total. The van der Waals surface area contributed by atoms with Crippen molar-refractivity contribution in [2.75, 3.05) is 7.11 Å². The predicted molar refractivity (Wildman–Crippen MR) is 101 cm³/mol. The number of methoxy groups -OCH3 is 1. The quantitative estimate of drug-likeness (QED) is 0.401. The van der Waals surface area contributed by atoms with Gasteiger partial charge in [0.15, 0.2) is 14.1 Å². The van der Waals surface area contributed by atoms with E-state index in [4.69, 9.17) is 9.16 Å². The van der Waals surface area contributed by atoms with Crippen molar-refractivity contribution in [2.45, 2.75) is 71.7 Å². The Morgan fingerprint density at radius 2 is 1.71 bits per heavy atom. The molecule has 0 saturated heterocycles. The maximum absolute atomic E-state index is 10.8. The Balaban J connectivity index is 3.35. The molecule has 0 N–H and O–H groups in total. The van der Waals surface area contributed by atoms with E-state index in [0.717, 1.165) is 11.1 Å². The van der Waals surface area contributed by atoms with Crippen LogP contribution in [-0.4, -0.2) is 21.5 Å². The number of nitrogens with zero attached hydrogens (tertiary/aromatic N) is 1. The van der Waals surface area contributed by atoms with Gasteiger partial charge in [0.2, 0.25) is 6.08 Å². The molecule has 134 valence electrons. The minimum absolute atomic E-state index is 0.0643. The molecular weight excluding hydrogens is 318 g/mol. The van der Waals surface area contributed by atoms with E-state index in [0.29, 0.717) is 18.0 Å². The van der Waals surface area contributed by atoms with Gasteiger partial charge in [0.25, 0.3) is 0 Å². The normalized spacial score (nSPS) is 12.7. The Hall–Kier alpha value is -1.42. The van der Waals surface area contributed by atoms with Gasteiger partial charge in [0, 0.05) is 5.56 Å². The van der Waals surface area contributed by atoms with E-state index >= 15 is 0 Å². The fourth-order valence-electron chi connectivity index (χ4n) is 2.06. The summed E-state index contributed by atoms with van der Waals surface area (Å²) in [6.07, 6.45) is 1.62. The summed E-state index contributed by atoms with van der Waals surface area (Å²) in [6, 6.07) is 3.98. The average Bonchev–Trinajstić information content (AvgIpc) is 2.42. The highest BCUT2D eigenvalue weighted by atomic mass is 28.4. The first-order valence-electron chi connectivity index (χ1n) is 8.26. The minimum Gasteiger partial charge on any atom is -0.494 e. The van der Waals surface area contributed by atoms with Crippen molar-refractivity contribution >= 4 is 20.1 Å². The molecule has 5 heteroatoms. The molecule has 0 aliphatic rings. The first-order chi connectivity index (χ1) is 10.8. The van der Waals surface area contributed by atoms with Crippen LogP contribution in [0.2, 0.25) is 18.1 Å². The monoisotopic (exact) mass is 349 g/mol. The largest absolute Gasteiger partial charge is 0.494 e. The molecular formula is C19H31NO3Si. The second kappa shape index (κ2) is 7.22. The number of hydrogen-bond donors (Lipinski definition) is 0. The van der Waals surface area contributed by atoms with Crippen LogP contribution in [0.5, 0.6) is 5.75 Å². The molecule has 0 heterocycles. The van der Waals surface area contributed by atoms with E-state index < -0.39 is 8.32 Å². The molecule has 0 atom stereocenters. The second-order valence-corrected chi connectivity index (χ2v) is 13.5. The molecule has 0 saturated carbocycles. The smallest absolute Gasteiger partial charge is 0.240 e. The number of hydrogen-bond acceptors (Lipinski definition) is 4. The topological polar surface area (TPSA) is 47.9 Å². The van der Waals surface area contributed by atoms with Crippen molar-refractivity contribution in [1.82, 2.24) is 0 Å². The molecule has 1 aromatic rings. The van der Waals surface area contributed by atoms with Crippen molar-refractivity contribution in [2.24, 2.45) is 4.99 Å². The molecule has 0 amide bonds. The van der Waals surface area contributed by atoms with Gasteiger partial charge in [-0.2, -0.15) is 4.99 Å². The number of benzene rings is 1. The lowest BCUT2D eigenvalue weighted by atomic mass is 9.85. The van der Waals surface area contributed by atoms with E-state index in [9.17, 15) is 4.79 Å². The van der Waals surface area contributed by atoms with E-state index in [2.05, 4.69) is 65.7 Å². The maximum Gasteiger partial charge on any atom is 0.240 e. The summed E-state index contributed by atoms with van der Waals surface area (Å²) in [4.78, 5) is 14.6. The Morgan fingerprint density at radius 1 is 1.12 bits per heavy atom. The summed E-state index contributed by atoms with van der Waals surface area (Å²) in [6.45, 7) is 17.9. The Labute approximate surface area is 147 Å². The van der Waals surface area contributed by atoms with E-state index in [-0.39, 0.29) is 10.5 Å². The highest BCUT2D eigenvalue weighted by Gasteiger charge is 2.37. The van der Waals surface area contributed by atoms with Crippen molar-refractivity contribution in [3.8, 4) is 5.75 Å². The fourth-order valence-corrected chi connectivity index (χ4v) is 3.00. The van der Waals surface area contributed by atoms with Gasteiger partial charge in [-0.05, 0) is 41.2 Å². The summed E-state index contributed by atoms with van der Waals surface area (Å²) < 4.78 is 11.9. The summed E-state index contributed by atoms with van der Waals surface area (Å²) >= 11 is 0. The summed E-state index contributed by atoms with van der Waals surface area (Å²) in [7, 11) is -0.297. The lowest BCUT2D eigenvalue weighted by molar-refractivity contribution is 0.269. The number of rotatable bonds is 5. The van der Waals surface area contributed by atoms with Crippen LogP contribution in [0.4, 0.5) is 5.69 Å². The summed E-state index contributed by atoms with van der Waals surface area (Å²) in [5.41, 5.74) is 2.45. The van der Waals surface area contributed by atoms with Gasteiger partial charge >= 0.3 is 0 Å². The number of carbonyl (C=O) groups excluding carboxylic acids is 1. The third-order valence-corrected chi connectivity index (χ3v) is 9.26. The fraction of sp³-hybridized carbons (Fsp3) is 0.632. The zero-order valence-electron chi connectivity index (χ0n) is 16.5. The van der Waals surface area contributed by atoms with E-state index in [1.807, 2.05) is 6.07 Å². The van der Waals surface area contributed by atoms with Crippen LogP contribution in [0.1, 0.15) is 52.7 Å². The van der Waals surface area contributed by atoms with Crippen molar-refractivity contribution in [1.29, 1.82) is 0 Å². The Kier molecular flexibility index (Phi) is 6.20. The van der Waals surface area contributed by atoms with Gasteiger partial charge in [-0.1, -0.05) is 41.5 Å². The van der Waals surface area contributed by atoms with E-state index in [1.165, 1.54) is 0 Å². The lowest BCUT2D eigenvalue weighted by Crippen LogP contribution is -2.40. The van der Waals surface area contributed by atoms with Crippen LogP contribution in [-0.2, 0) is 21.2 Å². The molecule has 0 radical (unpaired) electrons. The highest BCUT2D eigenvalue weighted by molar-refractivity contribution is 6.74. The average molecular weight is 350 g/mol. The zero-order chi connectivity index (χ0) is 18.8. The molecule has 1 rings (SSSR count).